The third kappa shape index (κ3) is 7.30. The van der Waals surface area contributed by atoms with E-state index in [1.54, 1.807) is 0 Å². The predicted octanol–water partition coefficient (Wildman–Crippen LogP) is 1.77. The predicted molar refractivity (Wildman–Crippen MR) is 59.7 cm³/mol. The van der Waals surface area contributed by atoms with Gasteiger partial charge in [-0.05, 0) is 13.8 Å². The van der Waals surface area contributed by atoms with Crippen LogP contribution in [-0.2, 0) is 9.47 Å². The first-order valence-electron chi connectivity index (χ1n) is 5.71. The highest BCUT2D eigenvalue weighted by atomic mass is 16.5. The Kier molecular flexibility index (Phi) is 9.35. The zero-order valence-corrected chi connectivity index (χ0v) is 10.1. The first-order valence-corrected chi connectivity index (χ1v) is 5.71. The summed E-state index contributed by atoms with van der Waals surface area (Å²) in [5.41, 5.74) is 0. The van der Waals surface area contributed by atoms with Gasteiger partial charge in [0.1, 0.15) is 0 Å². The van der Waals surface area contributed by atoms with Crippen LogP contribution in [-0.4, -0.2) is 50.5 Å². The lowest BCUT2D eigenvalue weighted by atomic mass is 10.4. The Bertz CT molecular complexity index is 112. The zero-order valence-electron chi connectivity index (χ0n) is 10.1. The van der Waals surface area contributed by atoms with Gasteiger partial charge in [0.05, 0.1) is 25.9 Å². The highest BCUT2D eigenvalue weighted by Crippen LogP contribution is 1.96. The van der Waals surface area contributed by atoms with Gasteiger partial charge < -0.3 is 9.47 Å². The average molecular weight is 203 g/mol. The number of hydrogen-bond acceptors (Lipinski definition) is 3. The molecule has 0 aromatic rings. The van der Waals surface area contributed by atoms with Crippen molar-refractivity contribution in [3.8, 4) is 0 Å². The monoisotopic (exact) mass is 203 g/mol. The van der Waals surface area contributed by atoms with Crippen molar-refractivity contribution in [2.45, 2.75) is 33.8 Å². The van der Waals surface area contributed by atoms with Crippen molar-refractivity contribution >= 4 is 0 Å². The SMILES string of the molecule is CC.CC(C)OCCN1CCOCC1. The van der Waals surface area contributed by atoms with Gasteiger partial charge in [0.25, 0.3) is 0 Å². The molecule has 3 heteroatoms. The second-order valence-electron chi connectivity index (χ2n) is 3.37. The molecule has 0 aromatic carbocycles. The Morgan fingerprint density at radius 3 is 2.29 bits per heavy atom. The number of hydrogen-bond donors (Lipinski definition) is 0. The fourth-order valence-electron chi connectivity index (χ4n) is 1.24. The van der Waals surface area contributed by atoms with E-state index in [0.29, 0.717) is 6.10 Å². The molecule has 1 heterocycles. The quantitative estimate of drug-likeness (QED) is 0.695. The summed E-state index contributed by atoms with van der Waals surface area (Å²) in [6.45, 7) is 13.9. The molecule has 0 saturated carbocycles. The Hall–Kier alpha value is -0.120. The maximum atomic E-state index is 5.46. The van der Waals surface area contributed by atoms with Crippen LogP contribution >= 0.6 is 0 Å². The molecule has 0 radical (unpaired) electrons. The fraction of sp³-hybridized carbons (Fsp3) is 1.00. The van der Waals surface area contributed by atoms with Crippen LogP contribution in [0.1, 0.15) is 27.7 Å². The van der Waals surface area contributed by atoms with Gasteiger partial charge in [-0.15, -0.1) is 0 Å². The maximum Gasteiger partial charge on any atom is 0.0596 e. The van der Waals surface area contributed by atoms with E-state index in [1.165, 1.54) is 0 Å². The molecule has 1 fully saturated rings. The maximum absolute atomic E-state index is 5.46. The minimum Gasteiger partial charge on any atom is -0.379 e. The third-order valence-electron chi connectivity index (χ3n) is 1.96. The third-order valence-corrected chi connectivity index (χ3v) is 1.96. The molecule has 0 aliphatic carbocycles. The molecule has 0 amide bonds. The summed E-state index contributed by atoms with van der Waals surface area (Å²) in [6, 6.07) is 0. The lowest BCUT2D eigenvalue weighted by molar-refractivity contribution is 0.00965. The van der Waals surface area contributed by atoms with Crippen molar-refractivity contribution in [2.75, 3.05) is 39.5 Å². The minimum absolute atomic E-state index is 0.353. The van der Waals surface area contributed by atoms with Gasteiger partial charge in [-0.2, -0.15) is 0 Å². The van der Waals surface area contributed by atoms with Crippen molar-refractivity contribution in [2.24, 2.45) is 0 Å². The van der Waals surface area contributed by atoms with Crippen LogP contribution in [0.4, 0.5) is 0 Å². The van der Waals surface area contributed by atoms with Gasteiger partial charge >= 0.3 is 0 Å². The summed E-state index contributed by atoms with van der Waals surface area (Å²) in [7, 11) is 0. The summed E-state index contributed by atoms with van der Waals surface area (Å²) in [6.07, 6.45) is 0.353. The van der Waals surface area contributed by atoms with Gasteiger partial charge in [-0.25, -0.2) is 0 Å². The van der Waals surface area contributed by atoms with Gasteiger partial charge in [0.2, 0.25) is 0 Å². The zero-order chi connectivity index (χ0) is 10.8. The van der Waals surface area contributed by atoms with Crippen LogP contribution in [0, 0.1) is 0 Å². The van der Waals surface area contributed by atoms with Gasteiger partial charge in [0, 0.05) is 19.6 Å². The molecule has 0 bridgehead atoms. The smallest absolute Gasteiger partial charge is 0.0596 e. The molecule has 1 aliphatic rings. The Labute approximate surface area is 88.4 Å². The van der Waals surface area contributed by atoms with Crippen LogP contribution in [0.25, 0.3) is 0 Å². The van der Waals surface area contributed by atoms with Crippen molar-refractivity contribution in [1.82, 2.24) is 4.90 Å². The summed E-state index contributed by atoms with van der Waals surface area (Å²) in [4.78, 5) is 2.38. The van der Waals surface area contributed by atoms with E-state index < -0.39 is 0 Å². The first kappa shape index (κ1) is 13.9. The molecular formula is C11H25NO2. The highest BCUT2D eigenvalue weighted by molar-refractivity contribution is 4.60. The Morgan fingerprint density at radius 2 is 1.79 bits per heavy atom. The second-order valence-corrected chi connectivity index (χ2v) is 3.37. The molecule has 0 atom stereocenters. The largest absolute Gasteiger partial charge is 0.379 e. The topological polar surface area (TPSA) is 21.7 Å². The summed E-state index contributed by atoms with van der Waals surface area (Å²) >= 11 is 0. The number of ether oxygens (including phenoxy) is 2. The number of morpholine rings is 1. The summed E-state index contributed by atoms with van der Waals surface area (Å²) in [5.74, 6) is 0. The molecular weight excluding hydrogens is 178 g/mol. The summed E-state index contributed by atoms with van der Waals surface area (Å²) < 4.78 is 10.7. The van der Waals surface area contributed by atoms with Crippen LogP contribution in [0.3, 0.4) is 0 Å². The van der Waals surface area contributed by atoms with E-state index in [0.717, 1.165) is 39.5 Å². The second kappa shape index (κ2) is 9.44. The Balaban J connectivity index is 0.000000791. The van der Waals surface area contributed by atoms with E-state index in [9.17, 15) is 0 Å². The number of nitrogens with zero attached hydrogens (tertiary/aromatic N) is 1. The molecule has 0 spiro atoms. The Morgan fingerprint density at radius 1 is 1.21 bits per heavy atom. The lowest BCUT2D eigenvalue weighted by Crippen LogP contribution is -2.38. The van der Waals surface area contributed by atoms with Gasteiger partial charge in [-0.3, -0.25) is 4.90 Å². The lowest BCUT2D eigenvalue weighted by Gasteiger charge is -2.26. The summed E-state index contributed by atoms with van der Waals surface area (Å²) in [5, 5.41) is 0. The molecule has 1 aliphatic heterocycles. The molecule has 86 valence electrons. The van der Waals surface area contributed by atoms with E-state index in [4.69, 9.17) is 9.47 Å². The van der Waals surface area contributed by atoms with E-state index in [2.05, 4.69) is 18.7 Å². The van der Waals surface area contributed by atoms with E-state index in [1.807, 2.05) is 13.8 Å². The average Bonchev–Trinajstić information content (AvgIpc) is 2.22. The number of rotatable bonds is 4. The van der Waals surface area contributed by atoms with Crippen molar-refractivity contribution in [1.29, 1.82) is 0 Å². The van der Waals surface area contributed by atoms with Crippen molar-refractivity contribution in [3.63, 3.8) is 0 Å². The standard InChI is InChI=1S/C9H19NO2.C2H6/c1-9(2)12-8-5-10-3-6-11-7-4-10;1-2/h9H,3-8H2,1-2H3;1-2H3. The first-order chi connectivity index (χ1) is 6.79. The fourth-order valence-corrected chi connectivity index (χ4v) is 1.24. The van der Waals surface area contributed by atoms with Crippen molar-refractivity contribution < 1.29 is 9.47 Å². The minimum atomic E-state index is 0.353. The van der Waals surface area contributed by atoms with Crippen molar-refractivity contribution in [3.05, 3.63) is 0 Å². The van der Waals surface area contributed by atoms with Crippen LogP contribution in [0.5, 0.6) is 0 Å². The van der Waals surface area contributed by atoms with E-state index in [-0.39, 0.29) is 0 Å². The molecule has 0 N–H and O–H groups in total. The van der Waals surface area contributed by atoms with Gasteiger partial charge in [-0.1, -0.05) is 13.8 Å². The van der Waals surface area contributed by atoms with Crippen LogP contribution in [0.15, 0.2) is 0 Å². The van der Waals surface area contributed by atoms with Gasteiger partial charge in [0.15, 0.2) is 0 Å². The molecule has 1 rings (SSSR count). The molecule has 3 nitrogen and oxygen atoms in total. The molecule has 0 unspecified atom stereocenters. The van der Waals surface area contributed by atoms with E-state index >= 15 is 0 Å². The molecule has 0 aromatic heterocycles. The molecule has 14 heavy (non-hydrogen) atoms. The molecule has 1 saturated heterocycles. The normalized spacial score (nSPS) is 17.8. The van der Waals surface area contributed by atoms with Crippen LogP contribution < -0.4 is 0 Å². The highest BCUT2D eigenvalue weighted by Gasteiger charge is 2.09. The van der Waals surface area contributed by atoms with Crippen LogP contribution in [0.2, 0.25) is 0 Å².